The predicted octanol–water partition coefficient (Wildman–Crippen LogP) is 1.86. The number of nitrogens with zero attached hydrogens (tertiary/aromatic N) is 2. The molecule has 1 saturated heterocycles. The number of amides is 2. The third-order valence-corrected chi connectivity index (χ3v) is 4.40. The molecule has 0 aromatic rings. The lowest BCUT2D eigenvalue weighted by Crippen LogP contribution is -2.45. The third kappa shape index (κ3) is 4.35. The second-order valence-electron chi connectivity index (χ2n) is 4.92. The number of hydrogen-bond acceptors (Lipinski definition) is 3. The molecule has 1 heterocycles. The van der Waals surface area contributed by atoms with Gasteiger partial charge in [0.25, 0.3) is 0 Å². The monoisotopic (exact) mass is 273 g/mol. The van der Waals surface area contributed by atoms with Gasteiger partial charge in [-0.2, -0.15) is 11.8 Å². The van der Waals surface area contributed by atoms with E-state index in [0.717, 1.165) is 38.4 Å². The molecule has 18 heavy (non-hydrogen) atoms. The number of likely N-dealkylation sites (tertiary alicyclic amines) is 1. The maximum atomic E-state index is 12.1. The van der Waals surface area contributed by atoms with E-state index >= 15 is 0 Å². The molecule has 0 aromatic heterocycles. The molecular weight excluding hydrogens is 246 g/mol. The van der Waals surface area contributed by atoms with E-state index in [1.54, 1.807) is 11.8 Å². The van der Waals surface area contributed by atoms with Gasteiger partial charge in [0.2, 0.25) is 0 Å². The van der Waals surface area contributed by atoms with E-state index in [9.17, 15) is 4.79 Å². The van der Waals surface area contributed by atoms with Gasteiger partial charge in [0.05, 0.1) is 0 Å². The molecule has 0 saturated carbocycles. The van der Waals surface area contributed by atoms with Crippen LogP contribution >= 0.6 is 11.8 Å². The summed E-state index contributed by atoms with van der Waals surface area (Å²) in [6.45, 7) is 10.3. The van der Waals surface area contributed by atoms with E-state index in [1.165, 1.54) is 0 Å². The highest BCUT2D eigenvalue weighted by Crippen LogP contribution is 2.15. The van der Waals surface area contributed by atoms with Crippen LogP contribution in [0.3, 0.4) is 0 Å². The molecule has 1 rings (SSSR count). The van der Waals surface area contributed by atoms with E-state index < -0.39 is 0 Å². The van der Waals surface area contributed by atoms with E-state index in [2.05, 4.69) is 37.2 Å². The van der Waals surface area contributed by atoms with Crippen LogP contribution in [0.2, 0.25) is 0 Å². The van der Waals surface area contributed by atoms with Crippen LogP contribution in [0.1, 0.15) is 27.2 Å². The van der Waals surface area contributed by atoms with E-state index in [4.69, 9.17) is 0 Å². The normalized spacial score (nSPS) is 21.4. The van der Waals surface area contributed by atoms with Gasteiger partial charge < -0.3 is 10.2 Å². The van der Waals surface area contributed by atoms with Gasteiger partial charge in [-0.3, -0.25) is 4.90 Å². The number of hydrogen-bond donors (Lipinski definition) is 1. The highest BCUT2D eigenvalue weighted by atomic mass is 32.2. The number of carbonyl (C=O) groups excluding carboxylic acids is 1. The van der Waals surface area contributed by atoms with Gasteiger partial charge in [-0.25, -0.2) is 4.79 Å². The molecule has 0 aromatic carbocycles. The van der Waals surface area contributed by atoms with E-state index in [1.807, 2.05) is 4.90 Å². The second kappa shape index (κ2) is 7.89. The van der Waals surface area contributed by atoms with Crippen LogP contribution in [-0.4, -0.2) is 66.1 Å². The van der Waals surface area contributed by atoms with Crippen LogP contribution in [0.25, 0.3) is 0 Å². The molecule has 1 fully saturated rings. The summed E-state index contributed by atoms with van der Waals surface area (Å²) < 4.78 is 0. The molecular formula is C13H27N3OS. The Balaban J connectivity index is 2.38. The first kappa shape index (κ1) is 15.6. The van der Waals surface area contributed by atoms with Crippen molar-refractivity contribution in [1.29, 1.82) is 0 Å². The summed E-state index contributed by atoms with van der Waals surface area (Å²) in [4.78, 5) is 16.5. The summed E-state index contributed by atoms with van der Waals surface area (Å²) in [7, 11) is 0. The van der Waals surface area contributed by atoms with Gasteiger partial charge in [-0.15, -0.1) is 0 Å². The smallest absolute Gasteiger partial charge is 0.317 e. The summed E-state index contributed by atoms with van der Waals surface area (Å²) in [5.74, 6) is 0.971. The fourth-order valence-electron chi connectivity index (χ4n) is 2.56. The lowest BCUT2D eigenvalue weighted by Gasteiger charge is -2.26. The SMILES string of the molecule is CCN(CC)[C@@H]1CCN(C(=O)N[C@H](C)CSC)C1. The fraction of sp³-hybridized carbons (Fsp3) is 0.923. The Hall–Kier alpha value is -0.420. The van der Waals surface area contributed by atoms with Gasteiger partial charge in [0.1, 0.15) is 0 Å². The van der Waals surface area contributed by atoms with Crippen molar-refractivity contribution in [3.63, 3.8) is 0 Å². The van der Waals surface area contributed by atoms with Gasteiger partial charge in [-0.05, 0) is 32.7 Å². The summed E-state index contributed by atoms with van der Waals surface area (Å²) in [6, 6.07) is 0.896. The molecule has 5 heteroatoms. The molecule has 4 nitrogen and oxygen atoms in total. The Morgan fingerprint density at radius 2 is 2.17 bits per heavy atom. The number of likely N-dealkylation sites (N-methyl/N-ethyl adjacent to an activating group) is 1. The van der Waals surface area contributed by atoms with Crippen LogP contribution < -0.4 is 5.32 Å². The number of nitrogens with one attached hydrogen (secondary N) is 1. The number of urea groups is 1. The first-order chi connectivity index (χ1) is 8.62. The molecule has 106 valence electrons. The van der Waals surface area contributed by atoms with Crippen molar-refractivity contribution >= 4 is 17.8 Å². The maximum Gasteiger partial charge on any atom is 0.317 e. The van der Waals surface area contributed by atoms with E-state index in [0.29, 0.717) is 6.04 Å². The largest absolute Gasteiger partial charge is 0.335 e. The molecule has 1 aliphatic rings. The quantitative estimate of drug-likeness (QED) is 0.802. The Labute approximate surface area is 115 Å². The molecule has 0 bridgehead atoms. The molecule has 0 spiro atoms. The zero-order chi connectivity index (χ0) is 13.5. The zero-order valence-electron chi connectivity index (χ0n) is 12.1. The van der Waals surface area contributed by atoms with Gasteiger partial charge in [0, 0.05) is 30.9 Å². The minimum absolute atomic E-state index is 0.103. The van der Waals surface area contributed by atoms with Crippen molar-refractivity contribution < 1.29 is 4.79 Å². The molecule has 2 amide bonds. The molecule has 1 aliphatic heterocycles. The number of carbonyl (C=O) groups is 1. The first-order valence-corrected chi connectivity index (χ1v) is 8.30. The van der Waals surface area contributed by atoms with Crippen LogP contribution in [0.4, 0.5) is 4.79 Å². The first-order valence-electron chi connectivity index (χ1n) is 6.90. The summed E-state index contributed by atoms with van der Waals surface area (Å²) >= 11 is 1.77. The van der Waals surface area contributed by atoms with Gasteiger partial charge in [0.15, 0.2) is 0 Å². The minimum atomic E-state index is 0.103. The lowest BCUT2D eigenvalue weighted by atomic mass is 10.2. The maximum absolute atomic E-state index is 12.1. The Morgan fingerprint density at radius 3 is 2.72 bits per heavy atom. The van der Waals surface area contributed by atoms with Gasteiger partial charge >= 0.3 is 6.03 Å². The Kier molecular flexibility index (Phi) is 6.86. The standard InChI is InChI=1S/C13H27N3OS/c1-5-15(6-2)12-7-8-16(9-12)13(17)14-11(3)10-18-4/h11-12H,5-10H2,1-4H3,(H,14,17)/t11-,12-/m1/s1. The predicted molar refractivity (Wildman–Crippen MR) is 79.3 cm³/mol. The minimum Gasteiger partial charge on any atom is -0.335 e. The second-order valence-corrected chi connectivity index (χ2v) is 5.83. The molecule has 1 N–H and O–H groups in total. The lowest BCUT2D eigenvalue weighted by molar-refractivity contribution is 0.191. The highest BCUT2D eigenvalue weighted by molar-refractivity contribution is 7.98. The van der Waals surface area contributed by atoms with Crippen molar-refractivity contribution in [3.8, 4) is 0 Å². The third-order valence-electron chi connectivity index (χ3n) is 3.57. The summed E-state index contributed by atoms with van der Waals surface area (Å²) in [5.41, 5.74) is 0. The van der Waals surface area contributed by atoms with Gasteiger partial charge in [-0.1, -0.05) is 13.8 Å². The molecule has 0 radical (unpaired) electrons. The van der Waals surface area contributed by atoms with Crippen molar-refractivity contribution in [2.45, 2.75) is 39.3 Å². The topological polar surface area (TPSA) is 35.6 Å². The van der Waals surface area contributed by atoms with Crippen molar-refractivity contribution in [3.05, 3.63) is 0 Å². The molecule has 0 aliphatic carbocycles. The Morgan fingerprint density at radius 1 is 1.50 bits per heavy atom. The fourth-order valence-corrected chi connectivity index (χ4v) is 3.14. The van der Waals surface area contributed by atoms with Crippen molar-refractivity contribution in [2.75, 3.05) is 38.2 Å². The number of rotatable bonds is 6. The van der Waals surface area contributed by atoms with Crippen molar-refractivity contribution in [2.24, 2.45) is 0 Å². The van der Waals surface area contributed by atoms with Crippen LogP contribution in [0.15, 0.2) is 0 Å². The average molecular weight is 273 g/mol. The Bertz CT molecular complexity index is 259. The van der Waals surface area contributed by atoms with Crippen molar-refractivity contribution in [1.82, 2.24) is 15.1 Å². The summed E-state index contributed by atoms with van der Waals surface area (Å²) in [5, 5.41) is 3.07. The molecule has 2 atom stereocenters. The average Bonchev–Trinajstić information content (AvgIpc) is 2.80. The highest BCUT2D eigenvalue weighted by Gasteiger charge is 2.29. The number of thioether (sulfide) groups is 1. The zero-order valence-corrected chi connectivity index (χ0v) is 12.9. The van der Waals surface area contributed by atoms with E-state index in [-0.39, 0.29) is 12.1 Å². The summed E-state index contributed by atoms with van der Waals surface area (Å²) in [6.07, 6.45) is 3.17. The molecule has 0 unspecified atom stereocenters. The van der Waals surface area contributed by atoms with Crippen LogP contribution in [0.5, 0.6) is 0 Å². The van der Waals surface area contributed by atoms with Crippen LogP contribution in [0, 0.1) is 0 Å². The van der Waals surface area contributed by atoms with Crippen LogP contribution in [-0.2, 0) is 0 Å².